The predicted octanol–water partition coefficient (Wildman–Crippen LogP) is 4.13. The molecule has 1 N–H and O–H groups in total. The van der Waals surface area contributed by atoms with Gasteiger partial charge in [-0.05, 0) is 44.2 Å². The molecule has 1 heteroatoms. The van der Waals surface area contributed by atoms with E-state index < -0.39 is 0 Å². The van der Waals surface area contributed by atoms with Crippen LogP contribution in [0.1, 0.15) is 70.6 Å². The lowest BCUT2D eigenvalue weighted by Crippen LogP contribution is -2.18. The molecule has 0 spiro atoms. The van der Waals surface area contributed by atoms with Gasteiger partial charge in [-0.15, -0.1) is 0 Å². The second-order valence-electron chi connectivity index (χ2n) is 5.90. The lowest BCUT2D eigenvalue weighted by atomic mass is 9.83. The highest BCUT2D eigenvalue weighted by Crippen LogP contribution is 2.36. The van der Waals surface area contributed by atoms with E-state index in [0.717, 1.165) is 11.8 Å². The normalized spacial score (nSPS) is 31.1. The van der Waals surface area contributed by atoms with Crippen LogP contribution in [-0.2, 0) is 0 Å². The number of hydrogen-bond donors (Lipinski definition) is 1. The van der Waals surface area contributed by atoms with Gasteiger partial charge in [-0.3, -0.25) is 0 Å². The van der Waals surface area contributed by atoms with Crippen LogP contribution in [0.2, 0.25) is 0 Å². The molecular weight excluding hydrogens is 194 g/mol. The fourth-order valence-electron chi connectivity index (χ4n) is 3.67. The van der Waals surface area contributed by atoms with Crippen LogP contribution in [0.15, 0.2) is 0 Å². The van der Waals surface area contributed by atoms with Crippen molar-refractivity contribution in [3.63, 3.8) is 0 Å². The fourth-order valence-corrected chi connectivity index (χ4v) is 3.67. The Hall–Kier alpha value is -0.0400. The molecule has 1 saturated heterocycles. The van der Waals surface area contributed by atoms with Crippen molar-refractivity contribution in [3.05, 3.63) is 0 Å². The molecule has 16 heavy (non-hydrogen) atoms. The van der Waals surface area contributed by atoms with E-state index in [2.05, 4.69) is 5.32 Å². The summed E-state index contributed by atoms with van der Waals surface area (Å²) in [6.45, 7) is 2.53. The summed E-state index contributed by atoms with van der Waals surface area (Å²) in [5.74, 6) is 2.17. The lowest BCUT2D eigenvalue weighted by Gasteiger charge is -2.23. The highest BCUT2D eigenvalue weighted by molar-refractivity contribution is 4.76. The van der Waals surface area contributed by atoms with E-state index in [0.29, 0.717) is 0 Å². The fraction of sp³-hybridized carbons (Fsp3) is 1.00. The minimum absolute atomic E-state index is 1.07. The van der Waals surface area contributed by atoms with Crippen molar-refractivity contribution < 1.29 is 0 Å². The van der Waals surface area contributed by atoms with Crippen LogP contribution in [-0.4, -0.2) is 13.1 Å². The molecule has 1 atom stereocenters. The maximum Gasteiger partial charge on any atom is -0.00488 e. The summed E-state index contributed by atoms with van der Waals surface area (Å²) in [6, 6.07) is 0. The van der Waals surface area contributed by atoms with Gasteiger partial charge >= 0.3 is 0 Å². The zero-order valence-corrected chi connectivity index (χ0v) is 10.8. The summed E-state index contributed by atoms with van der Waals surface area (Å²) in [7, 11) is 0. The first kappa shape index (κ1) is 12.4. The molecular formula is C15H29N. The standard InChI is InChI=1S/C15H29N/c1-2-6-12-16-13-7-11-15(8-3-1)14-9-4-5-10-14/h14-16H,1-13H2. The zero-order chi connectivity index (χ0) is 11.1. The van der Waals surface area contributed by atoms with Crippen molar-refractivity contribution in [2.45, 2.75) is 70.6 Å². The van der Waals surface area contributed by atoms with Crippen molar-refractivity contribution in [3.8, 4) is 0 Å². The molecule has 0 amide bonds. The Labute approximate surface area is 101 Å². The summed E-state index contributed by atoms with van der Waals surface area (Å²) < 4.78 is 0. The average Bonchev–Trinajstić information content (AvgIpc) is 2.79. The number of nitrogens with one attached hydrogen (secondary N) is 1. The molecule has 2 rings (SSSR count). The largest absolute Gasteiger partial charge is 0.317 e. The van der Waals surface area contributed by atoms with E-state index in [4.69, 9.17) is 0 Å². The Morgan fingerprint density at radius 1 is 0.500 bits per heavy atom. The monoisotopic (exact) mass is 223 g/mol. The Balaban J connectivity index is 1.77. The number of hydrogen-bond acceptors (Lipinski definition) is 1. The smallest absolute Gasteiger partial charge is 0.00488 e. The van der Waals surface area contributed by atoms with E-state index >= 15 is 0 Å². The molecule has 0 aromatic rings. The Bertz CT molecular complexity index is 160. The summed E-state index contributed by atoms with van der Waals surface area (Å²) in [5, 5.41) is 3.59. The van der Waals surface area contributed by atoms with Crippen molar-refractivity contribution in [2.75, 3.05) is 13.1 Å². The lowest BCUT2D eigenvalue weighted by molar-refractivity contribution is 0.286. The third kappa shape index (κ3) is 4.08. The van der Waals surface area contributed by atoms with E-state index in [9.17, 15) is 0 Å². The van der Waals surface area contributed by atoms with Crippen LogP contribution < -0.4 is 5.32 Å². The van der Waals surface area contributed by atoms with Crippen LogP contribution in [0.5, 0.6) is 0 Å². The third-order valence-corrected chi connectivity index (χ3v) is 4.67. The van der Waals surface area contributed by atoms with Crippen molar-refractivity contribution in [1.29, 1.82) is 0 Å². The molecule has 1 unspecified atom stereocenters. The van der Waals surface area contributed by atoms with Gasteiger partial charge in [-0.2, -0.15) is 0 Å². The van der Waals surface area contributed by atoms with Crippen LogP contribution in [0.4, 0.5) is 0 Å². The van der Waals surface area contributed by atoms with E-state index in [-0.39, 0.29) is 0 Å². The molecule has 1 aliphatic carbocycles. The first-order chi connectivity index (χ1) is 7.97. The first-order valence-electron chi connectivity index (χ1n) is 7.67. The van der Waals surface area contributed by atoms with Gasteiger partial charge in [0.15, 0.2) is 0 Å². The predicted molar refractivity (Wildman–Crippen MR) is 70.6 cm³/mol. The zero-order valence-electron chi connectivity index (χ0n) is 10.8. The van der Waals surface area contributed by atoms with Crippen LogP contribution >= 0.6 is 0 Å². The quantitative estimate of drug-likeness (QED) is 0.705. The van der Waals surface area contributed by atoms with Crippen LogP contribution in [0, 0.1) is 11.8 Å². The van der Waals surface area contributed by atoms with Crippen LogP contribution in [0.25, 0.3) is 0 Å². The summed E-state index contributed by atoms with van der Waals surface area (Å²) in [5.41, 5.74) is 0. The van der Waals surface area contributed by atoms with E-state index in [1.165, 1.54) is 83.7 Å². The highest BCUT2D eigenvalue weighted by Gasteiger charge is 2.24. The molecule has 1 nitrogen and oxygen atoms in total. The van der Waals surface area contributed by atoms with Crippen molar-refractivity contribution in [2.24, 2.45) is 11.8 Å². The first-order valence-corrected chi connectivity index (χ1v) is 7.67. The Morgan fingerprint density at radius 2 is 1.00 bits per heavy atom. The third-order valence-electron chi connectivity index (χ3n) is 4.67. The molecule has 0 aromatic heterocycles. The van der Waals surface area contributed by atoms with Crippen molar-refractivity contribution in [1.82, 2.24) is 5.32 Å². The Kier molecular flexibility index (Phi) is 5.68. The summed E-state index contributed by atoms with van der Waals surface area (Å²) in [6.07, 6.45) is 16.4. The highest BCUT2D eigenvalue weighted by atomic mass is 14.8. The van der Waals surface area contributed by atoms with Gasteiger partial charge in [0, 0.05) is 0 Å². The molecule has 2 fully saturated rings. The molecule has 0 bridgehead atoms. The maximum atomic E-state index is 3.59. The average molecular weight is 223 g/mol. The SMILES string of the molecule is C1CCCC(C2CCCC2)CCCNCC1. The van der Waals surface area contributed by atoms with Gasteiger partial charge in [-0.1, -0.05) is 51.4 Å². The second-order valence-corrected chi connectivity index (χ2v) is 5.90. The summed E-state index contributed by atoms with van der Waals surface area (Å²) in [4.78, 5) is 0. The molecule has 94 valence electrons. The minimum Gasteiger partial charge on any atom is -0.317 e. The maximum absolute atomic E-state index is 3.59. The molecule has 1 aliphatic heterocycles. The van der Waals surface area contributed by atoms with Gasteiger partial charge in [-0.25, -0.2) is 0 Å². The second kappa shape index (κ2) is 7.32. The van der Waals surface area contributed by atoms with E-state index in [1.807, 2.05) is 0 Å². The molecule has 1 saturated carbocycles. The van der Waals surface area contributed by atoms with Gasteiger partial charge in [0.1, 0.15) is 0 Å². The van der Waals surface area contributed by atoms with Gasteiger partial charge in [0.25, 0.3) is 0 Å². The van der Waals surface area contributed by atoms with Gasteiger partial charge in [0.2, 0.25) is 0 Å². The topological polar surface area (TPSA) is 12.0 Å². The molecule has 1 heterocycles. The Morgan fingerprint density at radius 3 is 1.75 bits per heavy atom. The molecule has 2 aliphatic rings. The van der Waals surface area contributed by atoms with Gasteiger partial charge in [0.05, 0.1) is 0 Å². The van der Waals surface area contributed by atoms with E-state index in [1.54, 1.807) is 0 Å². The van der Waals surface area contributed by atoms with Crippen molar-refractivity contribution >= 4 is 0 Å². The molecule has 0 radical (unpaired) electrons. The minimum atomic E-state index is 1.07. The molecule has 0 aromatic carbocycles. The number of rotatable bonds is 1. The van der Waals surface area contributed by atoms with Crippen LogP contribution in [0.3, 0.4) is 0 Å². The van der Waals surface area contributed by atoms with Gasteiger partial charge < -0.3 is 5.32 Å². The summed E-state index contributed by atoms with van der Waals surface area (Å²) >= 11 is 0.